The lowest BCUT2D eigenvalue weighted by Crippen LogP contribution is -2.30. The van der Waals surface area contributed by atoms with Crippen LogP contribution in [0.5, 0.6) is 5.75 Å². The molecule has 3 aromatic rings. The maximum atomic E-state index is 14.0. The quantitative estimate of drug-likeness (QED) is 0.437. The molecular formula is C27H24FN3O2. The first-order valence-corrected chi connectivity index (χ1v) is 10.3. The Bertz CT molecular complexity index is 1300. The van der Waals surface area contributed by atoms with Crippen LogP contribution in [0.2, 0.25) is 0 Å². The average Bonchev–Trinajstić information content (AvgIpc) is 2.78. The molecule has 0 bridgehead atoms. The maximum absolute atomic E-state index is 14.0. The third-order valence-corrected chi connectivity index (χ3v) is 4.96. The molecule has 2 aromatic carbocycles. The highest BCUT2D eigenvalue weighted by molar-refractivity contribution is 5.93. The Morgan fingerprint density at radius 2 is 1.85 bits per heavy atom. The van der Waals surface area contributed by atoms with E-state index in [-0.39, 0.29) is 17.0 Å². The molecule has 0 aliphatic heterocycles. The lowest BCUT2D eigenvalue weighted by Gasteiger charge is -2.21. The van der Waals surface area contributed by atoms with Gasteiger partial charge >= 0.3 is 0 Å². The van der Waals surface area contributed by atoms with E-state index < -0.39 is 23.3 Å². The van der Waals surface area contributed by atoms with Crippen LogP contribution in [0.1, 0.15) is 58.3 Å². The molecule has 0 saturated heterocycles. The molecule has 6 heteroatoms. The molecule has 0 spiro atoms. The van der Waals surface area contributed by atoms with Crippen molar-refractivity contribution in [3.63, 3.8) is 0 Å². The minimum atomic E-state index is -0.842. The van der Waals surface area contributed by atoms with E-state index in [9.17, 15) is 14.3 Å². The number of carbonyl (C=O) groups excluding carboxylic acids is 1. The van der Waals surface area contributed by atoms with Crippen molar-refractivity contribution in [2.24, 2.45) is 0 Å². The first-order chi connectivity index (χ1) is 15.6. The van der Waals surface area contributed by atoms with Crippen molar-refractivity contribution < 1.29 is 14.3 Å². The second-order valence-corrected chi connectivity index (χ2v) is 8.32. The molecule has 3 rings (SSSR count). The minimum absolute atomic E-state index is 0.132. The largest absolute Gasteiger partial charge is 0.508 e. The Balaban J connectivity index is 2.00. The number of rotatable bonds is 4. The summed E-state index contributed by atoms with van der Waals surface area (Å²) >= 11 is 0. The number of aryl methyl sites for hydroxylation is 2. The van der Waals surface area contributed by atoms with Crippen molar-refractivity contribution >= 4 is 5.91 Å². The summed E-state index contributed by atoms with van der Waals surface area (Å²) in [4.78, 5) is 21.0. The number of benzene rings is 2. The van der Waals surface area contributed by atoms with Gasteiger partial charge in [0, 0.05) is 30.7 Å². The fourth-order valence-electron chi connectivity index (χ4n) is 3.17. The Morgan fingerprint density at radius 3 is 2.52 bits per heavy atom. The van der Waals surface area contributed by atoms with Crippen molar-refractivity contribution in [2.75, 3.05) is 0 Å². The van der Waals surface area contributed by atoms with Gasteiger partial charge in [-0.15, -0.1) is 0 Å². The Hall–Kier alpha value is -4.16. The molecule has 0 aliphatic carbocycles. The number of amides is 1. The van der Waals surface area contributed by atoms with Crippen molar-refractivity contribution in [2.45, 2.75) is 39.3 Å². The summed E-state index contributed by atoms with van der Waals surface area (Å²) < 4.78 is 14.0. The second-order valence-electron chi connectivity index (χ2n) is 8.32. The number of halogens is 1. The predicted octanol–water partition coefficient (Wildman–Crippen LogP) is 5.11. The molecule has 0 aliphatic rings. The monoisotopic (exact) mass is 441 g/mol. The highest BCUT2D eigenvalue weighted by atomic mass is 19.1. The number of aromatic nitrogens is 1. The summed E-state index contributed by atoms with van der Waals surface area (Å²) in [5.74, 6) is 4.67. The number of hydrogen-bond acceptors (Lipinski definition) is 3. The maximum Gasteiger partial charge on any atom is 0.286 e. The van der Waals surface area contributed by atoms with Gasteiger partial charge in [0.15, 0.2) is 0 Å². The number of nitrogens with zero attached hydrogens (tertiary/aromatic N) is 2. The number of phenols is 1. The summed E-state index contributed by atoms with van der Waals surface area (Å²) in [7, 11) is 0. The molecule has 1 amide bonds. The fraction of sp³-hybridized carbons (Fsp3) is 0.222. The normalized spacial score (nSPS) is 11.6. The zero-order valence-corrected chi connectivity index (χ0v) is 18.9. The van der Waals surface area contributed by atoms with E-state index in [2.05, 4.69) is 27.0 Å². The van der Waals surface area contributed by atoms with Gasteiger partial charge in [-0.05, 0) is 55.7 Å². The highest BCUT2D eigenvalue weighted by Gasteiger charge is 2.23. The number of carbonyl (C=O) groups is 1. The summed E-state index contributed by atoms with van der Waals surface area (Å²) in [6.45, 7) is 14.3. The molecule has 1 atom stereocenters. The molecule has 2 N–H and O–H groups in total. The first kappa shape index (κ1) is 23.5. The minimum Gasteiger partial charge on any atom is -0.508 e. The number of phenolic OH excluding ortho intramolecular Hbond substituents is 1. The summed E-state index contributed by atoms with van der Waals surface area (Å²) in [5.41, 5.74) is 2.38. The fourth-order valence-corrected chi connectivity index (χ4v) is 3.17. The van der Waals surface area contributed by atoms with Crippen molar-refractivity contribution in [1.29, 1.82) is 0 Å². The average molecular weight is 442 g/mol. The molecule has 166 valence electrons. The lowest BCUT2D eigenvalue weighted by molar-refractivity contribution is 0.0937. The standard InChI is InChI=1S/C27H24FN3O2/c1-17-6-8-20(9-7-17)25(22-16-21(28)10-11-24(22)32)31-26(33)23-15-19(14-18(2)30-23)12-13-27(3,4)29-5/h6-11,14-16,25,32H,1-4H3,(H,31,33). The van der Waals surface area contributed by atoms with Gasteiger partial charge in [-0.2, -0.15) is 0 Å². The summed E-state index contributed by atoms with van der Waals surface area (Å²) in [5, 5.41) is 13.3. The zero-order valence-electron chi connectivity index (χ0n) is 18.9. The molecule has 0 fully saturated rings. The van der Waals surface area contributed by atoms with Crippen LogP contribution in [0, 0.1) is 38.1 Å². The van der Waals surface area contributed by atoms with Gasteiger partial charge in [0.05, 0.1) is 6.04 Å². The van der Waals surface area contributed by atoms with Crippen molar-refractivity contribution in [1.82, 2.24) is 10.3 Å². The van der Waals surface area contributed by atoms with Crippen molar-refractivity contribution in [3.8, 4) is 17.6 Å². The predicted molar refractivity (Wildman–Crippen MR) is 125 cm³/mol. The molecule has 1 heterocycles. The molecule has 33 heavy (non-hydrogen) atoms. The first-order valence-electron chi connectivity index (χ1n) is 10.3. The molecular weight excluding hydrogens is 417 g/mol. The van der Waals surface area contributed by atoms with Crippen molar-refractivity contribution in [3.05, 3.63) is 105 Å². The topological polar surface area (TPSA) is 66.6 Å². The number of aromatic hydroxyl groups is 1. The van der Waals surface area contributed by atoms with Gasteiger partial charge in [-0.3, -0.25) is 9.64 Å². The Labute approximate surface area is 193 Å². The second kappa shape index (κ2) is 9.54. The van der Waals surface area contributed by atoms with E-state index in [1.165, 1.54) is 12.1 Å². The number of pyridine rings is 1. The van der Waals surface area contributed by atoms with Gasteiger partial charge in [-0.1, -0.05) is 35.7 Å². The number of hydrogen-bond donors (Lipinski definition) is 2. The van der Waals surface area contributed by atoms with Crippen LogP contribution in [-0.4, -0.2) is 21.5 Å². The third kappa shape index (κ3) is 5.96. The van der Waals surface area contributed by atoms with Gasteiger partial charge in [0.1, 0.15) is 17.3 Å². The Kier molecular flexibility index (Phi) is 6.80. The van der Waals surface area contributed by atoms with E-state index in [1.807, 2.05) is 31.2 Å². The van der Waals surface area contributed by atoms with E-state index in [4.69, 9.17) is 6.57 Å². The van der Waals surface area contributed by atoms with Crippen LogP contribution in [0.3, 0.4) is 0 Å². The smallest absolute Gasteiger partial charge is 0.286 e. The van der Waals surface area contributed by atoms with E-state index in [1.54, 1.807) is 32.9 Å². The van der Waals surface area contributed by atoms with E-state index in [0.717, 1.165) is 11.6 Å². The Morgan fingerprint density at radius 1 is 1.15 bits per heavy atom. The SMILES string of the molecule is [C-]#[N+]C(C)(C)C#Cc1cc(C)nc(C(=O)NC(c2ccc(C)cc2)c2cc(F)ccc2O)c1. The number of nitrogens with one attached hydrogen (secondary N) is 1. The van der Waals surface area contributed by atoms with Gasteiger partial charge < -0.3 is 10.4 Å². The van der Waals surface area contributed by atoms with Crippen LogP contribution < -0.4 is 5.32 Å². The van der Waals surface area contributed by atoms with Gasteiger partial charge in [0.2, 0.25) is 0 Å². The molecule has 0 saturated carbocycles. The van der Waals surface area contributed by atoms with Gasteiger partial charge in [0.25, 0.3) is 11.4 Å². The molecule has 5 nitrogen and oxygen atoms in total. The van der Waals surface area contributed by atoms with Crippen LogP contribution in [0.15, 0.2) is 54.6 Å². The van der Waals surface area contributed by atoms with Crippen LogP contribution >= 0.6 is 0 Å². The zero-order chi connectivity index (χ0) is 24.2. The summed E-state index contributed by atoms with van der Waals surface area (Å²) in [6, 6.07) is 13.5. The summed E-state index contributed by atoms with van der Waals surface area (Å²) in [6.07, 6.45) is 0. The third-order valence-electron chi connectivity index (χ3n) is 4.96. The van der Waals surface area contributed by atoms with E-state index >= 15 is 0 Å². The van der Waals surface area contributed by atoms with Gasteiger partial charge in [-0.25, -0.2) is 15.9 Å². The molecule has 1 unspecified atom stereocenters. The highest BCUT2D eigenvalue weighted by Crippen LogP contribution is 2.30. The molecule has 1 aromatic heterocycles. The van der Waals surface area contributed by atoms with E-state index in [0.29, 0.717) is 16.8 Å². The lowest BCUT2D eigenvalue weighted by atomic mass is 9.96. The van der Waals surface area contributed by atoms with Crippen LogP contribution in [-0.2, 0) is 0 Å². The van der Waals surface area contributed by atoms with Crippen LogP contribution in [0.25, 0.3) is 4.85 Å². The van der Waals surface area contributed by atoms with Crippen LogP contribution in [0.4, 0.5) is 4.39 Å². The molecule has 0 radical (unpaired) electrons.